The van der Waals surface area contributed by atoms with E-state index in [0.29, 0.717) is 5.92 Å². The zero-order chi connectivity index (χ0) is 16.3. The third-order valence-corrected chi connectivity index (χ3v) is 6.80. The summed E-state index contributed by atoms with van der Waals surface area (Å²) >= 11 is 3.51. The van der Waals surface area contributed by atoms with Gasteiger partial charge in [-0.05, 0) is 30.7 Å². The van der Waals surface area contributed by atoms with Gasteiger partial charge in [-0.1, -0.05) is 24.8 Å². The van der Waals surface area contributed by atoms with Gasteiger partial charge in [-0.2, -0.15) is 9.61 Å². The van der Waals surface area contributed by atoms with Gasteiger partial charge in [0.15, 0.2) is 10.8 Å². The fourth-order valence-corrected chi connectivity index (χ4v) is 5.56. The first-order valence-electron chi connectivity index (χ1n) is 8.02. The summed E-state index contributed by atoms with van der Waals surface area (Å²) in [6, 6.07) is 0. The fraction of sp³-hybridized carbons (Fsp3) is 0.375. The summed E-state index contributed by atoms with van der Waals surface area (Å²) in [6.45, 7) is 6.13. The van der Waals surface area contributed by atoms with E-state index in [2.05, 4.69) is 38.2 Å². The number of aromatic nitrogens is 6. The molecule has 122 valence electrons. The molecule has 0 fully saturated rings. The van der Waals surface area contributed by atoms with Gasteiger partial charge in [0.05, 0.1) is 5.39 Å². The molecule has 1 aliphatic carbocycles. The number of aryl methyl sites for hydroxylation is 1. The van der Waals surface area contributed by atoms with Gasteiger partial charge in [-0.3, -0.25) is 0 Å². The molecule has 0 aliphatic heterocycles. The summed E-state index contributed by atoms with van der Waals surface area (Å²) in [5.74, 6) is 2.25. The lowest BCUT2D eigenvalue weighted by Crippen LogP contribution is -2.09. The van der Waals surface area contributed by atoms with Crippen molar-refractivity contribution >= 4 is 44.7 Å². The normalized spacial score (nSPS) is 17.8. The van der Waals surface area contributed by atoms with Crippen LogP contribution in [0.3, 0.4) is 0 Å². The molecule has 24 heavy (non-hydrogen) atoms. The maximum absolute atomic E-state index is 4.53. The van der Waals surface area contributed by atoms with E-state index in [1.807, 2.05) is 21.9 Å². The molecule has 0 amide bonds. The highest BCUT2D eigenvalue weighted by Crippen LogP contribution is 2.40. The van der Waals surface area contributed by atoms with E-state index in [0.717, 1.165) is 35.2 Å². The highest BCUT2D eigenvalue weighted by atomic mass is 32.2. The quantitative estimate of drug-likeness (QED) is 0.416. The Morgan fingerprint density at radius 2 is 2.38 bits per heavy atom. The Bertz CT molecular complexity index is 1090. The van der Waals surface area contributed by atoms with Crippen LogP contribution in [0.15, 0.2) is 24.1 Å². The molecule has 4 heterocycles. The Balaban J connectivity index is 1.93. The van der Waals surface area contributed by atoms with Crippen LogP contribution in [-0.4, -0.2) is 34.9 Å². The number of hydrogen-bond acceptors (Lipinski definition) is 6. The molecule has 4 aromatic rings. The molecule has 1 unspecified atom stereocenters. The van der Waals surface area contributed by atoms with Gasteiger partial charge >= 0.3 is 0 Å². The number of fused-ring (bicyclic) bond motifs is 8. The van der Waals surface area contributed by atoms with Gasteiger partial charge < -0.3 is 0 Å². The van der Waals surface area contributed by atoms with Crippen molar-refractivity contribution in [1.82, 2.24) is 29.2 Å². The largest absolute Gasteiger partial charge is 0.260 e. The van der Waals surface area contributed by atoms with E-state index in [-0.39, 0.29) is 0 Å². The van der Waals surface area contributed by atoms with E-state index in [1.165, 1.54) is 27.1 Å². The van der Waals surface area contributed by atoms with Crippen LogP contribution in [0.1, 0.15) is 23.8 Å². The minimum absolute atomic E-state index is 0.712. The van der Waals surface area contributed by atoms with Crippen molar-refractivity contribution in [3.63, 3.8) is 0 Å². The molecule has 0 saturated carbocycles. The van der Waals surface area contributed by atoms with Gasteiger partial charge in [0, 0.05) is 10.6 Å². The summed E-state index contributed by atoms with van der Waals surface area (Å²) < 4.78 is 3.96. The molecule has 0 bridgehead atoms. The lowest BCUT2D eigenvalue weighted by atomic mass is 9.89. The number of thiophene rings is 1. The first-order valence-corrected chi connectivity index (χ1v) is 9.83. The minimum Gasteiger partial charge on any atom is -0.244 e. The molecule has 1 atom stereocenters. The van der Waals surface area contributed by atoms with Crippen LogP contribution >= 0.6 is 23.1 Å². The van der Waals surface area contributed by atoms with Crippen molar-refractivity contribution in [2.75, 3.05) is 5.75 Å². The molecule has 5 rings (SSSR count). The maximum atomic E-state index is 4.53. The van der Waals surface area contributed by atoms with Crippen LogP contribution < -0.4 is 0 Å². The molecule has 0 radical (unpaired) electrons. The van der Waals surface area contributed by atoms with Gasteiger partial charge in [0.1, 0.15) is 11.2 Å². The Hall–Kier alpha value is -1.93. The Kier molecular flexibility index (Phi) is 3.18. The third kappa shape index (κ3) is 1.89. The van der Waals surface area contributed by atoms with Crippen LogP contribution in [0, 0.1) is 5.92 Å². The number of nitrogens with zero attached hydrogens (tertiary/aromatic N) is 6. The van der Waals surface area contributed by atoms with Crippen molar-refractivity contribution in [2.45, 2.75) is 31.3 Å². The first-order chi connectivity index (χ1) is 11.8. The lowest BCUT2D eigenvalue weighted by Gasteiger charge is -2.17. The van der Waals surface area contributed by atoms with E-state index >= 15 is 0 Å². The van der Waals surface area contributed by atoms with E-state index in [9.17, 15) is 0 Å². The van der Waals surface area contributed by atoms with Crippen molar-refractivity contribution in [3.8, 4) is 0 Å². The molecule has 8 heteroatoms. The molecule has 0 N–H and O–H groups in total. The van der Waals surface area contributed by atoms with Crippen LogP contribution in [0.25, 0.3) is 21.6 Å². The van der Waals surface area contributed by atoms with Crippen LogP contribution in [0.2, 0.25) is 0 Å². The van der Waals surface area contributed by atoms with Gasteiger partial charge in [-0.15, -0.1) is 28.1 Å². The third-order valence-electron chi connectivity index (χ3n) is 4.60. The molecular weight excluding hydrogens is 340 g/mol. The predicted molar refractivity (Wildman–Crippen MR) is 97.0 cm³/mol. The van der Waals surface area contributed by atoms with Crippen molar-refractivity contribution in [3.05, 3.63) is 29.4 Å². The smallest absolute Gasteiger partial charge is 0.244 e. The predicted octanol–water partition coefficient (Wildman–Crippen LogP) is 3.39. The average Bonchev–Trinajstić information content (AvgIpc) is 3.27. The molecule has 0 aromatic carbocycles. The van der Waals surface area contributed by atoms with E-state index in [1.54, 1.807) is 18.1 Å². The second-order valence-electron chi connectivity index (χ2n) is 6.25. The zero-order valence-corrected chi connectivity index (χ0v) is 14.9. The molecule has 1 aliphatic rings. The summed E-state index contributed by atoms with van der Waals surface area (Å²) in [4.78, 5) is 7.20. The van der Waals surface area contributed by atoms with Gasteiger partial charge in [0.25, 0.3) is 5.78 Å². The number of rotatable bonds is 3. The second-order valence-corrected chi connectivity index (χ2v) is 8.32. The van der Waals surface area contributed by atoms with Crippen molar-refractivity contribution in [2.24, 2.45) is 5.92 Å². The maximum Gasteiger partial charge on any atom is 0.260 e. The molecule has 0 saturated heterocycles. The average molecular weight is 356 g/mol. The second kappa shape index (κ2) is 5.29. The molecule has 4 aromatic heterocycles. The van der Waals surface area contributed by atoms with Gasteiger partial charge in [0.2, 0.25) is 0 Å². The standard InChI is InChI=1S/C16H16N6S2/c1-3-6-23-16-20-19-15-21(16)14-12(13-17-8-18-22(13)15)10-7-9(2)4-5-11(10)24-14/h3,8-9H,1,4-7H2,2H3. The fourth-order valence-electron chi connectivity index (χ4n) is 3.49. The SMILES string of the molecule is C=CCSc1nnc2n3ncnc3c3c4c(sc3n12)CCC(C)C4. The summed E-state index contributed by atoms with van der Waals surface area (Å²) in [6.07, 6.45) is 7.01. The first kappa shape index (κ1) is 14.4. The Labute approximate surface area is 146 Å². The van der Waals surface area contributed by atoms with E-state index < -0.39 is 0 Å². The van der Waals surface area contributed by atoms with Crippen LogP contribution in [0.5, 0.6) is 0 Å². The van der Waals surface area contributed by atoms with Crippen LogP contribution in [-0.2, 0) is 12.8 Å². The van der Waals surface area contributed by atoms with Crippen molar-refractivity contribution < 1.29 is 0 Å². The zero-order valence-electron chi connectivity index (χ0n) is 13.3. The van der Waals surface area contributed by atoms with E-state index in [4.69, 9.17) is 0 Å². The Morgan fingerprint density at radius 1 is 1.46 bits per heavy atom. The molecule has 6 nitrogen and oxygen atoms in total. The summed E-state index contributed by atoms with van der Waals surface area (Å²) in [5.41, 5.74) is 2.35. The summed E-state index contributed by atoms with van der Waals surface area (Å²) in [5, 5.41) is 15.3. The number of thioether (sulfide) groups is 1. The van der Waals surface area contributed by atoms with Crippen LogP contribution in [0.4, 0.5) is 0 Å². The topological polar surface area (TPSA) is 60.4 Å². The minimum atomic E-state index is 0.712. The Morgan fingerprint density at radius 3 is 3.25 bits per heavy atom. The molecular formula is C16H16N6S2. The molecule has 0 spiro atoms. The number of hydrogen-bond donors (Lipinski definition) is 0. The van der Waals surface area contributed by atoms with Crippen molar-refractivity contribution in [1.29, 1.82) is 0 Å². The summed E-state index contributed by atoms with van der Waals surface area (Å²) in [7, 11) is 0. The highest BCUT2D eigenvalue weighted by Gasteiger charge is 2.26. The van der Waals surface area contributed by atoms with Gasteiger partial charge in [-0.25, -0.2) is 9.38 Å². The highest BCUT2D eigenvalue weighted by molar-refractivity contribution is 7.99. The monoisotopic (exact) mass is 356 g/mol. The lowest BCUT2D eigenvalue weighted by molar-refractivity contribution is 0.508.